The van der Waals surface area contributed by atoms with Crippen molar-refractivity contribution < 1.29 is 24.1 Å². The summed E-state index contributed by atoms with van der Waals surface area (Å²) in [4.78, 5) is 13.6. The van der Waals surface area contributed by atoms with E-state index < -0.39 is 29.8 Å². The third-order valence-corrected chi connectivity index (χ3v) is 3.50. The second kappa shape index (κ2) is 4.86. The van der Waals surface area contributed by atoms with Crippen molar-refractivity contribution >= 4 is 6.09 Å². The number of likely N-dealkylation sites (tertiary alicyclic amines) is 1. The predicted molar refractivity (Wildman–Crippen MR) is 72.0 cm³/mol. The molecular formula is C14H25NO5. The lowest BCUT2D eigenvalue weighted by Gasteiger charge is -2.33. The van der Waals surface area contributed by atoms with Crippen LogP contribution in [0.25, 0.3) is 0 Å². The molecule has 2 aliphatic heterocycles. The van der Waals surface area contributed by atoms with E-state index in [9.17, 15) is 9.90 Å². The van der Waals surface area contributed by atoms with Crippen LogP contribution in [0.2, 0.25) is 0 Å². The number of aliphatic hydroxyl groups excluding tert-OH is 1. The van der Waals surface area contributed by atoms with Crippen LogP contribution in [0.3, 0.4) is 0 Å². The van der Waals surface area contributed by atoms with Crippen molar-refractivity contribution in [1.29, 1.82) is 0 Å². The third-order valence-electron chi connectivity index (χ3n) is 3.50. The van der Waals surface area contributed by atoms with Gasteiger partial charge in [0.25, 0.3) is 0 Å². The third kappa shape index (κ3) is 2.77. The molecule has 0 radical (unpaired) electrons. The van der Waals surface area contributed by atoms with Crippen LogP contribution in [-0.2, 0) is 14.2 Å². The maximum atomic E-state index is 12.3. The van der Waals surface area contributed by atoms with E-state index in [0.29, 0.717) is 6.42 Å². The fraction of sp³-hybridized carbons (Fsp3) is 0.929. The molecule has 4 atom stereocenters. The Morgan fingerprint density at radius 1 is 1.30 bits per heavy atom. The lowest BCUT2D eigenvalue weighted by atomic mass is 10.1. The monoisotopic (exact) mass is 287 g/mol. The summed E-state index contributed by atoms with van der Waals surface area (Å²) >= 11 is 0. The van der Waals surface area contributed by atoms with Crippen molar-refractivity contribution in [1.82, 2.24) is 4.90 Å². The highest BCUT2D eigenvalue weighted by Gasteiger charge is 2.59. The molecule has 0 aromatic rings. The van der Waals surface area contributed by atoms with Gasteiger partial charge in [0.15, 0.2) is 12.0 Å². The van der Waals surface area contributed by atoms with E-state index in [1.165, 1.54) is 4.90 Å². The molecule has 2 saturated heterocycles. The maximum absolute atomic E-state index is 12.3. The summed E-state index contributed by atoms with van der Waals surface area (Å²) < 4.78 is 16.9. The molecule has 2 heterocycles. The zero-order valence-electron chi connectivity index (χ0n) is 13.0. The first-order valence-corrected chi connectivity index (χ1v) is 7.11. The van der Waals surface area contributed by atoms with Gasteiger partial charge in [-0.2, -0.15) is 0 Å². The molecule has 0 aromatic carbocycles. The van der Waals surface area contributed by atoms with E-state index in [0.717, 1.165) is 0 Å². The van der Waals surface area contributed by atoms with Crippen molar-refractivity contribution in [2.45, 2.75) is 83.8 Å². The Balaban J connectivity index is 2.18. The Labute approximate surface area is 120 Å². The Morgan fingerprint density at radius 2 is 1.85 bits per heavy atom. The van der Waals surface area contributed by atoms with Crippen molar-refractivity contribution in [2.75, 3.05) is 0 Å². The molecule has 0 aliphatic carbocycles. The molecule has 1 N–H and O–H groups in total. The van der Waals surface area contributed by atoms with Crippen LogP contribution < -0.4 is 0 Å². The number of ether oxygens (including phenoxy) is 3. The van der Waals surface area contributed by atoms with E-state index in [2.05, 4.69) is 0 Å². The normalized spacial score (nSPS) is 36.0. The predicted octanol–water partition coefficient (Wildman–Crippen LogP) is 1.85. The summed E-state index contributed by atoms with van der Waals surface area (Å²) in [5, 5.41) is 10.4. The van der Waals surface area contributed by atoms with Gasteiger partial charge in [0, 0.05) is 0 Å². The quantitative estimate of drug-likeness (QED) is 0.797. The highest BCUT2D eigenvalue weighted by molar-refractivity contribution is 5.69. The molecule has 20 heavy (non-hydrogen) atoms. The van der Waals surface area contributed by atoms with Gasteiger partial charge >= 0.3 is 6.09 Å². The lowest BCUT2D eigenvalue weighted by molar-refractivity contribution is -0.184. The second-order valence-corrected chi connectivity index (χ2v) is 6.84. The van der Waals surface area contributed by atoms with Crippen LogP contribution in [0.1, 0.15) is 48.0 Å². The molecule has 0 spiro atoms. The number of rotatable bonds is 1. The van der Waals surface area contributed by atoms with Gasteiger partial charge < -0.3 is 19.3 Å². The number of carbonyl (C=O) groups is 1. The van der Waals surface area contributed by atoms with Gasteiger partial charge in [-0.25, -0.2) is 4.79 Å². The summed E-state index contributed by atoms with van der Waals surface area (Å²) in [7, 11) is 0. The van der Waals surface area contributed by atoms with Crippen LogP contribution >= 0.6 is 0 Å². The van der Waals surface area contributed by atoms with Gasteiger partial charge in [0.2, 0.25) is 0 Å². The summed E-state index contributed by atoms with van der Waals surface area (Å²) in [6.45, 7) is 11.0. The number of amides is 1. The van der Waals surface area contributed by atoms with Crippen molar-refractivity contribution in [3.63, 3.8) is 0 Å². The first kappa shape index (κ1) is 15.5. The number of carbonyl (C=O) groups excluding carboxylic acids is 1. The highest BCUT2D eigenvalue weighted by Crippen LogP contribution is 2.41. The number of nitrogens with zero attached hydrogens (tertiary/aromatic N) is 1. The first-order valence-electron chi connectivity index (χ1n) is 7.11. The van der Waals surface area contributed by atoms with E-state index in [4.69, 9.17) is 14.2 Å². The fourth-order valence-electron chi connectivity index (χ4n) is 2.85. The molecule has 6 heteroatoms. The van der Waals surface area contributed by atoms with Crippen LogP contribution in [0.15, 0.2) is 0 Å². The van der Waals surface area contributed by atoms with Gasteiger partial charge in [-0.1, -0.05) is 6.92 Å². The summed E-state index contributed by atoms with van der Waals surface area (Å²) in [6.07, 6.45) is -1.76. The van der Waals surface area contributed by atoms with Crippen LogP contribution in [0.5, 0.6) is 0 Å². The van der Waals surface area contributed by atoms with E-state index >= 15 is 0 Å². The number of hydrogen-bond acceptors (Lipinski definition) is 5. The smallest absolute Gasteiger partial charge is 0.412 e. The molecular weight excluding hydrogens is 262 g/mol. The van der Waals surface area contributed by atoms with Crippen molar-refractivity contribution in [3.8, 4) is 0 Å². The minimum atomic E-state index is -1.04. The zero-order valence-corrected chi connectivity index (χ0v) is 13.0. The number of hydrogen-bond donors (Lipinski definition) is 1. The standard InChI is InChI=1S/C14H25NO5/c1-7-8-9-10(19-14(5,6)18-9)11(16)15(8)12(17)20-13(2,3)4/h8-11,16H,7H2,1-6H3/t8-,9?,10?,11?/m1/s1. The second-order valence-electron chi connectivity index (χ2n) is 6.84. The minimum absolute atomic E-state index is 0.244. The van der Waals surface area contributed by atoms with Crippen LogP contribution in [0.4, 0.5) is 4.79 Å². The summed E-state index contributed by atoms with van der Waals surface area (Å²) in [5.74, 6) is -0.732. The number of fused-ring (bicyclic) bond motifs is 1. The minimum Gasteiger partial charge on any atom is -0.444 e. The molecule has 0 aromatic heterocycles. The largest absolute Gasteiger partial charge is 0.444 e. The Bertz CT molecular complexity index is 390. The SMILES string of the molecule is CC[C@@H]1C2OC(C)(C)OC2C(O)N1C(=O)OC(C)(C)C. The van der Waals surface area contributed by atoms with E-state index in [1.54, 1.807) is 20.8 Å². The Hall–Kier alpha value is -0.850. The molecule has 0 bridgehead atoms. The Kier molecular flexibility index (Phi) is 3.77. The summed E-state index contributed by atoms with van der Waals surface area (Å²) in [5.41, 5.74) is -0.603. The van der Waals surface area contributed by atoms with Gasteiger partial charge in [0.1, 0.15) is 17.8 Å². The zero-order chi connectivity index (χ0) is 15.3. The Morgan fingerprint density at radius 3 is 2.35 bits per heavy atom. The van der Waals surface area contributed by atoms with Gasteiger partial charge in [-0.15, -0.1) is 0 Å². The van der Waals surface area contributed by atoms with Crippen molar-refractivity contribution in [3.05, 3.63) is 0 Å². The molecule has 116 valence electrons. The molecule has 1 amide bonds. The molecule has 2 aliphatic rings. The van der Waals surface area contributed by atoms with Crippen LogP contribution in [0, 0.1) is 0 Å². The van der Waals surface area contributed by atoms with Gasteiger partial charge in [-0.3, -0.25) is 4.90 Å². The maximum Gasteiger partial charge on any atom is 0.412 e. The average molecular weight is 287 g/mol. The molecule has 2 fully saturated rings. The highest BCUT2D eigenvalue weighted by atomic mass is 16.8. The van der Waals surface area contributed by atoms with Gasteiger partial charge in [0.05, 0.1) is 6.04 Å². The van der Waals surface area contributed by atoms with Crippen molar-refractivity contribution in [2.24, 2.45) is 0 Å². The fourth-order valence-corrected chi connectivity index (χ4v) is 2.85. The van der Waals surface area contributed by atoms with E-state index in [-0.39, 0.29) is 12.1 Å². The van der Waals surface area contributed by atoms with Crippen LogP contribution in [-0.4, -0.2) is 52.0 Å². The topological polar surface area (TPSA) is 68.2 Å². The van der Waals surface area contributed by atoms with Gasteiger partial charge in [-0.05, 0) is 41.0 Å². The molecule has 6 nitrogen and oxygen atoms in total. The molecule has 3 unspecified atom stereocenters. The number of aliphatic hydroxyl groups is 1. The first-order chi connectivity index (χ1) is 9.06. The lowest BCUT2D eigenvalue weighted by Crippen LogP contribution is -2.48. The van der Waals surface area contributed by atoms with E-state index in [1.807, 2.05) is 20.8 Å². The molecule has 0 saturated carbocycles. The molecule has 2 rings (SSSR count). The summed E-state index contributed by atoms with van der Waals surface area (Å²) in [6, 6.07) is -0.244. The average Bonchev–Trinajstić information content (AvgIpc) is 2.68.